The van der Waals surface area contributed by atoms with Crippen LogP contribution in [0.2, 0.25) is 0 Å². The van der Waals surface area contributed by atoms with E-state index < -0.39 is 0 Å². The maximum Gasteiger partial charge on any atom is 0.0371 e. The normalized spacial score (nSPS) is 23.2. The third-order valence-electron chi connectivity index (χ3n) is 8.92. The molecule has 4 heterocycles. The van der Waals surface area contributed by atoms with Crippen LogP contribution in [0, 0.1) is 0 Å². The van der Waals surface area contributed by atoms with Crippen molar-refractivity contribution < 1.29 is 0 Å². The zero-order chi connectivity index (χ0) is 27.1. The summed E-state index contributed by atoms with van der Waals surface area (Å²) in [6.45, 7) is 18.1. The molecule has 0 bridgehead atoms. The molecular formula is C32H52N6. The van der Waals surface area contributed by atoms with Crippen LogP contribution in [0.15, 0.2) is 36.4 Å². The number of rotatable bonds is 4. The minimum atomic E-state index is 0.779. The molecule has 0 amide bonds. The lowest BCUT2D eigenvalue weighted by Gasteiger charge is -2.39. The molecule has 4 saturated heterocycles. The van der Waals surface area contributed by atoms with Crippen LogP contribution in [0.1, 0.15) is 64.5 Å². The SMILES string of the molecule is CC.CCc1cc(N2CCN3CCCC3C2)ccc1N.CCc1cc(N2CCN3CCCC3C2)ccc1N. The van der Waals surface area contributed by atoms with Crippen molar-refractivity contribution in [1.29, 1.82) is 0 Å². The van der Waals surface area contributed by atoms with E-state index in [1.165, 1.54) is 87.5 Å². The largest absolute Gasteiger partial charge is 0.399 e. The number of hydrogen-bond donors (Lipinski definition) is 2. The number of hydrogen-bond acceptors (Lipinski definition) is 6. The van der Waals surface area contributed by atoms with Gasteiger partial charge in [0.1, 0.15) is 0 Å². The van der Waals surface area contributed by atoms with Crippen LogP contribution in [0.4, 0.5) is 22.7 Å². The highest BCUT2D eigenvalue weighted by Gasteiger charge is 2.31. The van der Waals surface area contributed by atoms with Gasteiger partial charge in [-0.25, -0.2) is 0 Å². The molecule has 38 heavy (non-hydrogen) atoms. The second kappa shape index (κ2) is 13.6. The molecule has 0 aromatic heterocycles. The fourth-order valence-corrected chi connectivity index (χ4v) is 6.64. The molecule has 4 fully saturated rings. The summed E-state index contributed by atoms with van der Waals surface area (Å²) < 4.78 is 0. The summed E-state index contributed by atoms with van der Waals surface area (Å²) in [6, 6.07) is 14.6. The average Bonchev–Trinajstić information content (AvgIpc) is 3.64. The Hall–Kier alpha value is -2.44. The molecule has 0 radical (unpaired) electrons. The van der Waals surface area contributed by atoms with Gasteiger partial charge >= 0.3 is 0 Å². The molecule has 2 aromatic carbocycles. The Balaban J connectivity index is 0.000000166. The molecule has 4 N–H and O–H groups in total. The second-order valence-electron chi connectivity index (χ2n) is 11.0. The maximum absolute atomic E-state index is 5.99. The number of aryl methyl sites for hydroxylation is 2. The topological polar surface area (TPSA) is 65.0 Å². The van der Waals surface area contributed by atoms with Crippen LogP contribution >= 0.6 is 0 Å². The second-order valence-corrected chi connectivity index (χ2v) is 11.0. The van der Waals surface area contributed by atoms with E-state index >= 15 is 0 Å². The van der Waals surface area contributed by atoms with E-state index in [-0.39, 0.29) is 0 Å². The van der Waals surface area contributed by atoms with Crippen molar-refractivity contribution in [2.75, 3.05) is 73.6 Å². The Labute approximate surface area is 231 Å². The summed E-state index contributed by atoms with van der Waals surface area (Å²) in [5.41, 5.74) is 19.1. The fraction of sp³-hybridized carbons (Fsp3) is 0.625. The lowest BCUT2D eigenvalue weighted by atomic mass is 10.1. The van der Waals surface area contributed by atoms with E-state index in [1.807, 2.05) is 13.8 Å². The molecule has 0 spiro atoms. The van der Waals surface area contributed by atoms with Gasteiger partial charge in [0.2, 0.25) is 0 Å². The number of nitrogens with zero attached hydrogens (tertiary/aromatic N) is 4. The Kier molecular flexibility index (Phi) is 10.2. The summed E-state index contributed by atoms with van der Waals surface area (Å²) in [5, 5.41) is 0. The van der Waals surface area contributed by atoms with Crippen LogP contribution in [0.3, 0.4) is 0 Å². The third kappa shape index (κ3) is 6.58. The summed E-state index contributed by atoms with van der Waals surface area (Å²) in [4.78, 5) is 10.4. The average molecular weight is 521 g/mol. The van der Waals surface area contributed by atoms with Gasteiger partial charge in [0, 0.05) is 74.1 Å². The quantitative estimate of drug-likeness (QED) is 0.537. The molecule has 210 valence electrons. The first kappa shape index (κ1) is 28.6. The van der Waals surface area contributed by atoms with Gasteiger partial charge in [-0.1, -0.05) is 27.7 Å². The summed E-state index contributed by atoms with van der Waals surface area (Å²) in [5.74, 6) is 0. The van der Waals surface area contributed by atoms with Crippen molar-refractivity contribution in [3.63, 3.8) is 0 Å². The van der Waals surface area contributed by atoms with Crippen LogP contribution in [0.25, 0.3) is 0 Å². The molecule has 4 aliphatic rings. The van der Waals surface area contributed by atoms with E-state index in [9.17, 15) is 0 Å². The van der Waals surface area contributed by atoms with Crippen LogP contribution in [-0.2, 0) is 12.8 Å². The van der Waals surface area contributed by atoms with Crippen LogP contribution in [0.5, 0.6) is 0 Å². The number of piperazine rings is 2. The number of nitrogen functional groups attached to an aromatic ring is 2. The van der Waals surface area contributed by atoms with Gasteiger partial charge in [0.05, 0.1) is 0 Å². The smallest absolute Gasteiger partial charge is 0.0371 e. The molecular weight excluding hydrogens is 468 g/mol. The van der Waals surface area contributed by atoms with Crippen molar-refractivity contribution in [1.82, 2.24) is 9.80 Å². The van der Waals surface area contributed by atoms with Crippen molar-refractivity contribution in [3.8, 4) is 0 Å². The van der Waals surface area contributed by atoms with Crippen molar-refractivity contribution >= 4 is 22.7 Å². The Morgan fingerprint density at radius 2 is 1.05 bits per heavy atom. The minimum absolute atomic E-state index is 0.779. The zero-order valence-electron chi connectivity index (χ0n) is 24.5. The minimum Gasteiger partial charge on any atom is -0.399 e. The van der Waals surface area contributed by atoms with E-state index in [1.54, 1.807) is 0 Å². The van der Waals surface area contributed by atoms with Crippen molar-refractivity contribution in [2.45, 2.75) is 78.3 Å². The molecule has 2 aromatic rings. The Morgan fingerprint density at radius 3 is 1.45 bits per heavy atom. The van der Waals surface area contributed by atoms with E-state index in [0.717, 1.165) is 49.4 Å². The summed E-state index contributed by atoms with van der Waals surface area (Å²) in [6.07, 6.45) is 7.52. The maximum atomic E-state index is 5.99. The van der Waals surface area contributed by atoms with Crippen LogP contribution in [-0.4, -0.2) is 74.2 Å². The number of anilines is 4. The van der Waals surface area contributed by atoms with Gasteiger partial charge in [0.25, 0.3) is 0 Å². The van der Waals surface area contributed by atoms with Gasteiger partial charge in [-0.3, -0.25) is 9.80 Å². The lowest BCUT2D eigenvalue weighted by molar-refractivity contribution is 0.231. The summed E-state index contributed by atoms with van der Waals surface area (Å²) in [7, 11) is 0. The molecule has 4 aliphatic heterocycles. The highest BCUT2D eigenvalue weighted by atomic mass is 15.3. The molecule has 6 heteroatoms. The van der Waals surface area contributed by atoms with E-state index in [2.05, 4.69) is 69.8 Å². The zero-order valence-corrected chi connectivity index (χ0v) is 24.5. The molecule has 0 aliphatic carbocycles. The number of fused-ring (bicyclic) bond motifs is 2. The Morgan fingerprint density at radius 1 is 0.632 bits per heavy atom. The van der Waals surface area contributed by atoms with Gasteiger partial charge in [-0.05, 0) is 99.1 Å². The van der Waals surface area contributed by atoms with Crippen molar-refractivity contribution in [2.24, 2.45) is 0 Å². The predicted molar refractivity (Wildman–Crippen MR) is 165 cm³/mol. The summed E-state index contributed by atoms with van der Waals surface area (Å²) >= 11 is 0. The highest BCUT2D eigenvalue weighted by molar-refractivity contribution is 5.60. The van der Waals surface area contributed by atoms with Gasteiger partial charge in [0.15, 0.2) is 0 Å². The number of nitrogens with two attached hydrogens (primary N) is 2. The highest BCUT2D eigenvalue weighted by Crippen LogP contribution is 2.29. The molecule has 6 rings (SSSR count). The molecule has 0 saturated carbocycles. The fourth-order valence-electron chi connectivity index (χ4n) is 6.64. The number of benzene rings is 2. The lowest BCUT2D eigenvalue weighted by Crippen LogP contribution is -2.50. The molecule has 2 atom stereocenters. The van der Waals surface area contributed by atoms with Gasteiger partial charge in [-0.2, -0.15) is 0 Å². The first-order valence-corrected chi connectivity index (χ1v) is 15.3. The standard InChI is InChI=1S/2C15H23N3.C2H6/c2*1-2-12-10-13(5-6-15(12)16)18-9-8-17-7-3-4-14(17)11-18;1-2/h2*5-6,10,14H,2-4,7-9,11,16H2,1H3;1-2H3. The van der Waals surface area contributed by atoms with Gasteiger partial charge in [-0.15, -0.1) is 0 Å². The third-order valence-corrected chi connectivity index (χ3v) is 8.92. The molecule has 2 unspecified atom stereocenters. The van der Waals surface area contributed by atoms with E-state index in [0.29, 0.717) is 0 Å². The monoisotopic (exact) mass is 520 g/mol. The van der Waals surface area contributed by atoms with Crippen molar-refractivity contribution in [3.05, 3.63) is 47.5 Å². The first-order valence-electron chi connectivity index (χ1n) is 15.3. The molecule has 6 nitrogen and oxygen atoms in total. The Bertz CT molecular complexity index is 942. The first-order chi connectivity index (χ1) is 18.6. The van der Waals surface area contributed by atoms with Gasteiger partial charge < -0.3 is 21.3 Å². The van der Waals surface area contributed by atoms with E-state index in [4.69, 9.17) is 11.5 Å². The van der Waals surface area contributed by atoms with Crippen LogP contribution < -0.4 is 21.3 Å². The predicted octanol–water partition coefficient (Wildman–Crippen LogP) is 5.26.